The van der Waals surface area contributed by atoms with Crippen LogP contribution in [0.5, 0.6) is 0 Å². The van der Waals surface area contributed by atoms with Gasteiger partial charge in [-0.3, -0.25) is 4.79 Å². The van der Waals surface area contributed by atoms with Crippen LogP contribution in [0.1, 0.15) is 23.2 Å². The Morgan fingerprint density at radius 2 is 2.26 bits per heavy atom. The number of rotatable bonds is 3. The Labute approximate surface area is 112 Å². The van der Waals surface area contributed by atoms with Crippen molar-refractivity contribution in [2.45, 2.75) is 12.8 Å². The van der Waals surface area contributed by atoms with Crippen LogP contribution in [0.2, 0.25) is 0 Å². The van der Waals surface area contributed by atoms with Crippen LogP contribution >= 0.6 is 0 Å². The Bertz CT molecular complexity index is 468. The number of amides is 1. The Morgan fingerprint density at radius 1 is 1.42 bits per heavy atom. The summed E-state index contributed by atoms with van der Waals surface area (Å²) in [4.78, 5) is 23.5. The van der Waals surface area contributed by atoms with E-state index in [9.17, 15) is 9.59 Å². The minimum atomic E-state index is -0.407. The van der Waals surface area contributed by atoms with Gasteiger partial charge in [0, 0.05) is 12.2 Å². The zero-order valence-corrected chi connectivity index (χ0v) is 10.9. The molecule has 1 aliphatic rings. The second kappa shape index (κ2) is 6.33. The number of nitrogens with one attached hydrogen (secondary N) is 2. The molecular formula is C14H18N2O3. The Kier molecular flexibility index (Phi) is 4.52. The molecule has 0 bridgehead atoms. The molecule has 1 fully saturated rings. The molecule has 1 aliphatic heterocycles. The molecule has 0 saturated carbocycles. The summed E-state index contributed by atoms with van der Waals surface area (Å²) in [5, 5.41) is 6.05. The molecular weight excluding hydrogens is 244 g/mol. The molecule has 1 heterocycles. The van der Waals surface area contributed by atoms with Gasteiger partial charge in [0.1, 0.15) is 0 Å². The minimum absolute atomic E-state index is 0.00414. The molecule has 5 nitrogen and oxygen atoms in total. The van der Waals surface area contributed by atoms with E-state index in [1.54, 1.807) is 24.3 Å². The number of esters is 1. The average Bonchev–Trinajstić information content (AvgIpc) is 2.47. The molecule has 2 N–H and O–H groups in total. The number of anilines is 1. The molecule has 1 saturated heterocycles. The van der Waals surface area contributed by atoms with Crippen molar-refractivity contribution in [1.82, 2.24) is 5.32 Å². The number of hydrogen-bond donors (Lipinski definition) is 2. The summed E-state index contributed by atoms with van der Waals surface area (Å²) < 4.78 is 4.65. The number of hydrogen-bond acceptors (Lipinski definition) is 4. The molecule has 0 unspecified atom stereocenters. The molecule has 19 heavy (non-hydrogen) atoms. The third-order valence-corrected chi connectivity index (χ3v) is 3.22. The summed E-state index contributed by atoms with van der Waals surface area (Å²) in [5.74, 6) is -0.416. The van der Waals surface area contributed by atoms with Crippen molar-refractivity contribution in [3.63, 3.8) is 0 Å². The Hall–Kier alpha value is -1.88. The van der Waals surface area contributed by atoms with Crippen LogP contribution in [0.4, 0.5) is 5.69 Å². The highest BCUT2D eigenvalue weighted by Gasteiger charge is 2.21. The zero-order chi connectivity index (χ0) is 13.7. The van der Waals surface area contributed by atoms with Gasteiger partial charge in [-0.15, -0.1) is 0 Å². The SMILES string of the molecule is COC(=O)c1cccc(NC(=O)[C@@H]2CCCNC2)c1. The van der Waals surface area contributed by atoms with Crippen molar-refractivity contribution in [1.29, 1.82) is 0 Å². The van der Waals surface area contributed by atoms with E-state index in [1.807, 2.05) is 0 Å². The summed E-state index contributed by atoms with van der Waals surface area (Å²) in [5.41, 5.74) is 1.06. The normalized spacial score (nSPS) is 18.7. The fourth-order valence-electron chi connectivity index (χ4n) is 2.16. The van der Waals surface area contributed by atoms with Gasteiger partial charge < -0.3 is 15.4 Å². The molecule has 2 rings (SSSR count). The second-order valence-electron chi connectivity index (χ2n) is 4.60. The highest BCUT2D eigenvalue weighted by Crippen LogP contribution is 2.16. The smallest absolute Gasteiger partial charge is 0.337 e. The maximum Gasteiger partial charge on any atom is 0.337 e. The quantitative estimate of drug-likeness (QED) is 0.808. The summed E-state index contributed by atoms with van der Waals surface area (Å²) in [7, 11) is 1.33. The lowest BCUT2D eigenvalue weighted by atomic mass is 9.99. The van der Waals surface area contributed by atoms with Crippen LogP contribution in [0.3, 0.4) is 0 Å². The van der Waals surface area contributed by atoms with E-state index in [2.05, 4.69) is 15.4 Å². The molecule has 5 heteroatoms. The van der Waals surface area contributed by atoms with Gasteiger partial charge in [-0.05, 0) is 37.6 Å². The molecule has 0 aromatic heterocycles. The summed E-state index contributed by atoms with van der Waals surface area (Å²) in [6.07, 6.45) is 1.91. The topological polar surface area (TPSA) is 67.4 Å². The average molecular weight is 262 g/mol. The van der Waals surface area contributed by atoms with Gasteiger partial charge in [0.15, 0.2) is 0 Å². The molecule has 0 spiro atoms. The van der Waals surface area contributed by atoms with Crippen LogP contribution in [-0.4, -0.2) is 32.1 Å². The fraction of sp³-hybridized carbons (Fsp3) is 0.429. The lowest BCUT2D eigenvalue weighted by Gasteiger charge is -2.21. The van der Waals surface area contributed by atoms with Gasteiger partial charge in [0.2, 0.25) is 5.91 Å². The number of benzene rings is 1. The molecule has 1 aromatic rings. The first-order valence-corrected chi connectivity index (χ1v) is 6.40. The monoisotopic (exact) mass is 262 g/mol. The van der Waals surface area contributed by atoms with Crippen LogP contribution in [0.15, 0.2) is 24.3 Å². The molecule has 0 radical (unpaired) electrons. The first kappa shape index (κ1) is 13.5. The zero-order valence-electron chi connectivity index (χ0n) is 10.9. The van der Waals surface area contributed by atoms with Crippen molar-refractivity contribution >= 4 is 17.6 Å². The summed E-state index contributed by atoms with van der Waals surface area (Å²) in [6, 6.07) is 6.77. The van der Waals surface area contributed by atoms with Crippen molar-refractivity contribution in [3.05, 3.63) is 29.8 Å². The number of carbonyl (C=O) groups is 2. The predicted molar refractivity (Wildman–Crippen MR) is 72.0 cm³/mol. The lowest BCUT2D eigenvalue weighted by molar-refractivity contribution is -0.120. The molecule has 1 aromatic carbocycles. The third-order valence-electron chi connectivity index (χ3n) is 3.22. The van der Waals surface area contributed by atoms with E-state index < -0.39 is 5.97 Å². The van der Waals surface area contributed by atoms with Crippen molar-refractivity contribution < 1.29 is 14.3 Å². The highest BCUT2D eigenvalue weighted by atomic mass is 16.5. The van der Waals surface area contributed by atoms with Crippen molar-refractivity contribution in [2.24, 2.45) is 5.92 Å². The van der Waals surface area contributed by atoms with Crippen LogP contribution in [-0.2, 0) is 9.53 Å². The fourth-order valence-corrected chi connectivity index (χ4v) is 2.16. The standard InChI is InChI=1S/C14H18N2O3/c1-19-14(18)10-4-2-6-12(8-10)16-13(17)11-5-3-7-15-9-11/h2,4,6,8,11,15H,3,5,7,9H2,1H3,(H,16,17)/t11-/m1/s1. The largest absolute Gasteiger partial charge is 0.465 e. The van der Waals surface area contributed by atoms with Crippen LogP contribution < -0.4 is 10.6 Å². The third kappa shape index (κ3) is 3.54. The minimum Gasteiger partial charge on any atom is -0.465 e. The van der Waals surface area contributed by atoms with Gasteiger partial charge in [-0.25, -0.2) is 4.79 Å². The number of carbonyl (C=O) groups excluding carboxylic acids is 2. The summed E-state index contributed by atoms with van der Waals surface area (Å²) in [6.45, 7) is 1.68. The Balaban J connectivity index is 2.02. The van der Waals surface area contributed by atoms with Crippen LogP contribution in [0, 0.1) is 5.92 Å². The lowest BCUT2D eigenvalue weighted by Crippen LogP contribution is -2.37. The van der Waals surface area contributed by atoms with E-state index in [0.29, 0.717) is 17.8 Å². The summed E-state index contributed by atoms with van der Waals surface area (Å²) >= 11 is 0. The maximum atomic E-state index is 12.1. The van der Waals surface area contributed by atoms with E-state index in [4.69, 9.17) is 0 Å². The van der Waals surface area contributed by atoms with E-state index in [0.717, 1.165) is 19.4 Å². The van der Waals surface area contributed by atoms with Crippen molar-refractivity contribution in [3.8, 4) is 0 Å². The maximum absolute atomic E-state index is 12.1. The first-order valence-electron chi connectivity index (χ1n) is 6.40. The van der Waals surface area contributed by atoms with Gasteiger partial charge in [0.25, 0.3) is 0 Å². The van der Waals surface area contributed by atoms with Gasteiger partial charge in [-0.2, -0.15) is 0 Å². The van der Waals surface area contributed by atoms with Crippen LogP contribution in [0.25, 0.3) is 0 Å². The van der Waals surface area contributed by atoms with E-state index >= 15 is 0 Å². The van der Waals surface area contributed by atoms with Gasteiger partial charge in [-0.1, -0.05) is 6.07 Å². The highest BCUT2D eigenvalue weighted by molar-refractivity contribution is 5.95. The molecule has 0 aliphatic carbocycles. The van der Waals surface area contributed by atoms with Crippen molar-refractivity contribution in [2.75, 3.05) is 25.5 Å². The first-order chi connectivity index (χ1) is 9.20. The number of ether oxygens (including phenoxy) is 1. The number of piperidine rings is 1. The Morgan fingerprint density at radius 3 is 2.95 bits per heavy atom. The van der Waals surface area contributed by atoms with E-state index in [1.165, 1.54) is 7.11 Å². The second-order valence-corrected chi connectivity index (χ2v) is 4.60. The van der Waals surface area contributed by atoms with Gasteiger partial charge in [0.05, 0.1) is 18.6 Å². The molecule has 1 amide bonds. The molecule has 1 atom stereocenters. The van der Waals surface area contributed by atoms with E-state index in [-0.39, 0.29) is 11.8 Å². The molecule has 102 valence electrons. The number of methoxy groups -OCH3 is 1. The van der Waals surface area contributed by atoms with Gasteiger partial charge >= 0.3 is 5.97 Å². The predicted octanol–water partition coefficient (Wildman–Crippen LogP) is 1.41.